The molecule has 1 aliphatic rings. The lowest BCUT2D eigenvalue weighted by Crippen LogP contribution is -2.43. The molecule has 1 saturated heterocycles. The van der Waals surface area contributed by atoms with Crippen LogP contribution in [-0.2, 0) is 0 Å². The second-order valence-corrected chi connectivity index (χ2v) is 5.38. The number of ketones is 1. The molecule has 1 aliphatic heterocycles. The van der Waals surface area contributed by atoms with Gasteiger partial charge in [0.25, 0.3) is 0 Å². The molecule has 0 aliphatic carbocycles. The molecule has 0 radical (unpaired) electrons. The molecule has 0 spiro atoms. The van der Waals surface area contributed by atoms with Crippen molar-refractivity contribution in [3.8, 4) is 0 Å². The van der Waals surface area contributed by atoms with Gasteiger partial charge in [0, 0.05) is 11.3 Å². The molecule has 1 aromatic rings. The minimum atomic E-state index is -0.0267. The monoisotopic (exact) mass is 246 g/mol. The summed E-state index contributed by atoms with van der Waals surface area (Å²) in [6, 6.07) is 7.19. The van der Waals surface area contributed by atoms with Gasteiger partial charge < -0.3 is 5.73 Å². The Hall–Kier alpha value is -1.35. The molecule has 1 fully saturated rings. The second kappa shape index (κ2) is 5.53. The SMILES string of the molecule is CC1CCN(C(C)C(=O)c2ccc(N)cc2)CC1. The first-order chi connectivity index (χ1) is 8.58. The number of nitrogens with zero attached hydrogens (tertiary/aromatic N) is 1. The largest absolute Gasteiger partial charge is 0.399 e. The van der Waals surface area contributed by atoms with Crippen LogP contribution in [-0.4, -0.2) is 29.8 Å². The minimum absolute atomic E-state index is 0.0267. The number of rotatable bonds is 3. The van der Waals surface area contributed by atoms with Gasteiger partial charge in [0.2, 0.25) is 0 Å². The molecule has 2 rings (SSSR count). The molecule has 0 amide bonds. The summed E-state index contributed by atoms with van der Waals surface area (Å²) in [6.07, 6.45) is 2.39. The van der Waals surface area contributed by atoms with E-state index < -0.39 is 0 Å². The van der Waals surface area contributed by atoms with E-state index in [1.165, 1.54) is 12.8 Å². The number of Topliss-reactive ketones (excluding diaryl/α,β-unsaturated/α-hetero) is 1. The maximum atomic E-state index is 12.4. The highest BCUT2D eigenvalue weighted by molar-refractivity contribution is 6.00. The van der Waals surface area contributed by atoms with Crippen molar-refractivity contribution in [2.75, 3.05) is 18.8 Å². The third kappa shape index (κ3) is 2.91. The smallest absolute Gasteiger partial charge is 0.179 e. The van der Waals surface area contributed by atoms with Crippen molar-refractivity contribution >= 4 is 11.5 Å². The number of nitrogen functional groups attached to an aromatic ring is 1. The molecule has 0 bridgehead atoms. The molecule has 1 heterocycles. The van der Waals surface area contributed by atoms with E-state index in [9.17, 15) is 4.79 Å². The Morgan fingerprint density at radius 3 is 2.39 bits per heavy atom. The van der Waals surface area contributed by atoms with Crippen LogP contribution in [0.1, 0.15) is 37.0 Å². The molecule has 3 heteroatoms. The van der Waals surface area contributed by atoms with Gasteiger partial charge in [-0.1, -0.05) is 6.92 Å². The number of benzene rings is 1. The maximum Gasteiger partial charge on any atom is 0.179 e. The topological polar surface area (TPSA) is 46.3 Å². The molecule has 1 aromatic carbocycles. The minimum Gasteiger partial charge on any atom is -0.399 e. The Balaban J connectivity index is 2.02. The first-order valence-electron chi connectivity index (χ1n) is 6.71. The van der Waals surface area contributed by atoms with Crippen molar-refractivity contribution in [2.24, 2.45) is 5.92 Å². The number of nitrogens with two attached hydrogens (primary N) is 1. The highest BCUT2D eigenvalue weighted by atomic mass is 16.1. The van der Waals surface area contributed by atoms with Crippen LogP contribution in [0.3, 0.4) is 0 Å². The second-order valence-electron chi connectivity index (χ2n) is 5.38. The van der Waals surface area contributed by atoms with E-state index >= 15 is 0 Å². The Morgan fingerprint density at radius 1 is 1.28 bits per heavy atom. The Labute approximate surface area is 109 Å². The number of carbonyl (C=O) groups excluding carboxylic acids is 1. The molecular formula is C15H22N2O. The predicted octanol–water partition coefficient (Wildman–Crippen LogP) is 2.57. The van der Waals surface area contributed by atoms with Crippen LogP contribution in [0.15, 0.2) is 24.3 Å². The molecule has 1 unspecified atom stereocenters. The number of carbonyl (C=O) groups is 1. The number of hydrogen-bond acceptors (Lipinski definition) is 3. The molecule has 18 heavy (non-hydrogen) atoms. The highest BCUT2D eigenvalue weighted by Gasteiger charge is 2.25. The lowest BCUT2D eigenvalue weighted by Gasteiger charge is -2.34. The van der Waals surface area contributed by atoms with Gasteiger partial charge in [0.15, 0.2) is 5.78 Å². The van der Waals surface area contributed by atoms with E-state index in [1.807, 2.05) is 19.1 Å². The fourth-order valence-electron chi connectivity index (χ4n) is 2.47. The molecular weight excluding hydrogens is 224 g/mol. The van der Waals surface area contributed by atoms with Gasteiger partial charge >= 0.3 is 0 Å². The summed E-state index contributed by atoms with van der Waals surface area (Å²) >= 11 is 0. The van der Waals surface area contributed by atoms with Crippen molar-refractivity contribution < 1.29 is 4.79 Å². The molecule has 2 N–H and O–H groups in total. The summed E-state index contributed by atoms with van der Waals surface area (Å²) in [5, 5.41) is 0. The third-order valence-electron chi connectivity index (χ3n) is 3.94. The standard InChI is InChI=1S/C15H22N2O/c1-11-7-9-17(10-8-11)12(2)15(18)13-3-5-14(16)6-4-13/h3-6,11-12H,7-10,16H2,1-2H3. The summed E-state index contributed by atoms with van der Waals surface area (Å²) in [4.78, 5) is 14.6. The number of anilines is 1. The van der Waals surface area contributed by atoms with Crippen molar-refractivity contribution in [2.45, 2.75) is 32.7 Å². The first kappa shape index (κ1) is 13.1. The van der Waals surface area contributed by atoms with Crippen molar-refractivity contribution in [3.63, 3.8) is 0 Å². The molecule has 1 atom stereocenters. The highest BCUT2D eigenvalue weighted by Crippen LogP contribution is 2.20. The van der Waals surface area contributed by atoms with Crippen LogP contribution in [0.25, 0.3) is 0 Å². The van der Waals surface area contributed by atoms with Crippen LogP contribution >= 0.6 is 0 Å². The quantitative estimate of drug-likeness (QED) is 0.658. The van der Waals surface area contributed by atoms with Crippen molar-refractivity contribution in [1.82, 2.24) is 4.90 Å². The molecule has 0 saturated carbocycles. The van der Waals surface area contributed by atoms with Crippen molar-refractivity contribution in [3.05, 3.63) is 29.8 Å². The Bertz CT molecular complexity index is 405. The number of hydrogen-bond donors (Lipinski definition) is 1. The van der Waals surface area contributed by atoms with Gasteiger partial charge in [0.1, 0.15) is 0 Å². The zero-order valence-electron chi connectivity index (χ0n) is 11.2. The predicted molar refractivity (Wildman–Crippen MR) is 74.6 cm³/mol. The lowest BCUT2D eigenvalue weighted by atomic mass is 9.96. The molecule has 98 valence electrons. The van der Waals surface area contributed by atoms with Crippen LogP contribution in [0.5, 0.6) is 0 Å². The van der Waals surface area contributed by atoms with Gasteiger partial charge in [0.05, 0.1) is 6.04 Å². The lowest BCUT2D eigenvalue weighted by molar-refractivity contribution is 0.0779. The fraction of sp³-hybridized carbons (Fsp3) is 0.533. The zero-order chi connectivity index (χ0) is 13.1. The van der Waals surface area contributed by atoms with E-state index in [0.717, 1.165) is 24.6 Å². The average molecular weight is 246 g/mol. The summed E-state index contributed by atoms with van der Waals surface area (Å²) in [5.41, 5.74) is 7.10. The van der Waals surface area contributed by atoms with E-state index in [4.69, 9.17) is 5.73 Å². The van der Waals surface area contributed by atoms with E-state index in [-0.39, 0.29) is 11.8 Å². The summed E-state index contributed by atoms with van der Waals surface area (Å²) in [5.74, 6) is 0.990. The van der Waals surface area contributed by atoms with Gasteiger partial charge in [-0.15, -0.1) is 0 Å². The first-order valence-corrected chi connectivity index (χ1v) is 6.71. The zero-order valence-corrected chi connectivity index (χ0v) is 11.2. The molecule has 3 nitrogen and oxygen atoms in total. The fourth-order valence-corrected chi connectivity index (χ4v) is 2.47. The van der Waals surface area contributed by atoms with Crippen LogP contribution in [0.4, 0.5) is 5.69 Å². The Morgan fingerprint density at radius 2 is 1.83 bits per heavy atom. The van der Waals surface area contributed by atoms with E-state index in [2.05, 4.69) is 11.8 Å². The van der Waals surface area contributed by atoms with Crippen molar-refractivity contribution in [1.29, 1.82) is 0 Å². The maximum absolute atomic E-state index is 12.4. The summed E-state index contributed by atoms with van der Waals surface area (Å²) in [6.45, 7) is 6.35. The molecule has 0 aromatic heterocycles. The normalized spacial score (nSPS) is 19.7. The summed E-state index contributed by atoms with van der Waals surface area (Å²) < 4.78 is 0. The van der Waals surface area contributed by atoms with Gasteiger partial charge in [-0.3, -0.25) is 9.69 Å². The third-order valence-corrected chi connectivity index (χ3v) is 3.94. The van der Waals surface area contributed by atoms with Crippen LogP contribution in [0.2, 0.25) is 0 Å². The number of likely N-dealkylation sites (tertiary alicyclic amines) is 1. The summed E-state index contributed by atoms with van der Waals surface area (Å²) in [7, 11) is 0. The van der Waals surface area contributed by atoms with Gasteiger partial charge in [-0.2, -0.15) is 0 Å². The van der Waals surface area contributed by atoms with Gasteiger partial charge in [-0.05, 0) is 63.0 Å². The van der Waals surface area contributed by atoms with E-state index in [1.54, 1.807) is 12.1 Å². The Kier molecular flexibility index (Phi) is 4.02. The van der Waals surface area contributed by atoms with Crippen LogP contribution in [0, 0.1) is 5.92 Å². The van der Waals surface area contributed by atoms with Crippen LogP contribution < -0.4 is 5.73 Å². The van der Waals surface area contributed by atoms with Gasteiger partial charge in [-0.25, -0.2) is 0 Å². The average Bonchev–Trinajstić information content (AvgIpc) is 2.39. The van der Waals surface area contributed by atoms with E-state index in [0.29, 0.717) is 5.69 Å². The number of piperidine rings is 1.